The zero-order valence-electron chi connectivity index (χ0n) is 11.7. The third kappa shape index (κ3) is 2.08. The van der Waals surface area contributed by atoms with Crippen LogP contribution in [-0.2, 0) is 12.0 Å². The smallest absolute Gasteiger partial charge is 0.138 e. The van der Waals surface area contributed by atoms with Crippen molar-refractivity contribution in [3.8, 4) is 0 Å². The topological polar surface area (TPSA) is 55.9 Å². The van der Waals surface area contributed by atoms with Crippen molar-refractivity contribution >= 4 is 0 Å². The fourth-order valence-electron chi connectivity index (χ4n) is 2.88. The Bertz CT molecular complexity index is 559. The molecule has 1 aliphatic rings. The summed E-state index contributed by atoms with van der Waals surface area (Å²) >= 11 is 0. The number of hydrogen-bond acceptors (Lipinski definition) is 4. The van der Waals surface area contributed by atoms with E-state index in [9.17, 15) is 0 Å². The standard InChI is InChI=1S/C14H20N4O/c1-10-12(11(2)19-17-10)7-18-9-16-6-13(18)14(3)4-5-15-8-14/h6,9,15H,4-5,7-8H2,1-3H3. The van der Waals surface area contributed by atoms with Crippen LogP contribution in [0.1, 0.15) is 36.1 Å². The fourth-order valence-corrected chi connectivity index (χ4v) is 2.88. The summed E-state index contributed by atoms with van der Waals surface area (Å²) < 4.78 is 7.46. The van der Waals surface area contributed by atoms with Gasteiger partial charge in [-0.15, -0.1) is 0 Å². The molecular formula is C14H20N4O. The molecule has 1 N–H and O–H groups in total. The molecule has 19 heavy (non-hydrogen) atoms. The van der Waals surface area contributed by atoms with E-state index >= 15 is 0 Å². The molecular weight excluding hydrogens is 240 g/mol. The second-order valence-electron chi connectivity index (χ2n) is 5.70. The van der Waals surface area contributed by atoms with Gasteiger partial charge >= 0.3 is 0 Å². The van der Waals surface area contributed by atoms with Gasteiger partial charge in [0.2, 0.25) is 0 Å². The zero-order chi connectivity index (χ0) is 13.5. The van der Waals surface area contributed by atoms with Gasteiger partial charge in [0.25, 0.3) is 0 Å². The van der Waals surface area contributed by atoms with Gasteiger partial charge < -0.3 is 14.4 Å². The highest BCUT2D eigenvalue weighted by Gasteiger charge is 2.33. The molecule has 1 aliphatic heterocycles. The molecule has 0 bridgehead atoms. The van der Waals surface area contributed by atoms with Crippen LogP contribution in [0.4, 0.5) is 0 Å². The van der Waals surface area contributed by atoms with Crippen molar-refractivity contribution in [2.24, 2.45) is 0 Å². The highest BCUT2D eigenvalue weighted by molar-refractivity contribution is 5.24. The van der Waals surface area contributed by atoms with Crippen molar-refractivity contribution in [2.75, 3.05) is 13.1 Å². The molecule has 0 aliphatic carbocycles. The lowest BCUT2D eigenvalue weighted by Gasteiger charge is -2.24. The Morgan fingerprint density at radius 1 is 1.47 bits per heavy atom. The van der Waals surface area contributed by atoms with Crippen LogP contribution in [0.5, 0.6) is 0 Å². The Kier molecular flexibility index (Phi) is 2.93. The Labute approximate surface area is 113 Å². The molecule has 102 valence electrons. The average Bonchev–Trinajstić information content (AvgIpc) is 3.07. The molecule has 1 atom stereocenters. The zero-order valence-corrected chi connectivity index (χ0v) is 11.7. The van der Waals surface area contributed by atoms with Crippen LogP contribution < -0.4 is 5.32 Å². The summed E-state index contributed by atoms with van der Waals surface area (Å²) in [4.78, 5) is 4.34. The monoisotopic (exact) mass is 260 g/mol. The van der Waals surface area contributed by atoms with E-state index in [2.05, 4.69) is 26.9 Å². The first-order valence-electron chi connectivity index (χ1n) is 6.73. The summed E-state index contributed by atoms with van der Waals surface area (Å²) in [6, 6.07) is 0. The van der Waals surface area contributed by atoms with Crippen LogP contribution in [0.25, 0.3) is 0 Å². The summed E-state index contributed by atoms with van der Waals surface area (Å²) in [6.45, 7) is 9.12. The molecule has 5 nitrogen and oxygen atoms in total. The Balaban J connectivity index is 1.93. The van der Waals surface area contributed by atoms with E-state index in [1.165, 1.54) is 5.69 Å². The second kappa shape index (κ2) is 4.49. The van der Waals surface area contributed by atoms with Crippen LogP contribution in [-0.4, -0.2) is 27.8 Å². The van der Waals surface area contributed by atoms with E-state index in [0.717, 1.165) is 43.1 Å². The minimum atomic E-state index is 0.176. The van der Waals surface area contributed by atoms with Gasteiger partial charge in [-0.3, -0.25) is 0 Å². The fraction of sp³-hybridized carbons (Fsp3) is 0.571. The summed E-state index contributed by atoms with van der Waals surface area (Å²) in [5.41, 5.74) is 3.59. The molecule has 0 spiro atoms. The minimum absolute atomic E-state index is 0.176. The number of hydrogen-bond donors (Lipinski definition) is 1. The van der Waals surface area contributed by atoms with Crippen molar-refractivity contribution in [3.05, 3.63) is 35.2 Å². The minimum Gasteiger partial charge on any atom is -0.361 e. The molecule has 1 fully saturated rings. The maximum atomic E-state index is 5.24. The van der Waals surface area contributed by atoms with Crippen molar-refractivity contribution in [2.45, 2.75) is 39.2 Å². The number of imidazole rings is 1. The van der Waals surface area contributed by atoms with Crippen LogP contribution in [0, 0.1) is 13.8 Å². The van der Waals surface area contributed by atoms with Crippen molar-refractivity contribution in [1.29, 1.82) is 0 Å². The van der Waals surface area contributed by atoms with Crippen molar-refractivity contribution in [1.82, 2.24) is 20.0 Å². The summed E-state index contributed by atoms with van der Waals surface area (Å²) in [6.07, 6.45) is 5.05. The van der Waals surface area contributed by atoms with Gasteiger partial charge in [0, 0.05) is 29.4 Å². The first-order valence-corrected chi connectivity index (χ1v) is 6.73. The van der Waals surface area contributed by atoms with E-state index < -0.39 is 0 Å². The van der Waals surface area contributed by atoms with Gasteiger partial charge in [-0.25, -0.2) is 4.98 Å². The molecule has 1 unspecified atom stereocenters. The van der Waals surface area contributed by atoms with Gasteiger partial charge in [0.1, 0.15) is 5.76 Å². The van der Waals surface area contributed by atoms with E-state index in [1.807, 2.05) is 26.4 Å². The highest BCUT2D eigenvalue weighted by Crippen LogP contribution is 2.30. The summed E-state index contributed by atoms with van der Waals surface area (Å²) in [7, 11) is 0. The largest absolute Gasteiger partial charge is 0.361 e. The predicted molar refractivity (Wildman–Crippen MR) is 72.1 cm³/mol. The average molecular weight is 260 g/mol. The maximum absolute atomic E-state index is 5.24. The number of nitrogens with zero attached hydrogens (tertiary/aromatic N) is 3. The molecule has 0 aromatic carbocycles. The molecule has 1 saturated heterocycles. The number of nitrogens with one attached hydrogen (secondary N) is 1. The third-order valence-corrected chi connectivity index (χ3v) is 4.21. The quantitative estimate of drug-likeness (QED) is 0.914. The molecule has 0 amide bonds. The van der Waals surface area contributed by atoms with Gasteiger partial charge in [0.15, 0.2) is 0 Å². The van der Waals surface area contributed by atoms with E-state index in [0.29, 0.717) is 0 Å². The molecule has 5 heteroatoms. The summed E-state index contributed by atoms with van der Waals surface area (Å²) in [5.74, 6) is 0.895. The van der Waals surface area contributed by atoms with Crippen molar-refractivity contribution in [3.63, 3.8) is 0 Å². The normalized spacial score (nSPS) is 23.1. The SMILES string of the molecule is Cc1noc(C)c1Cn1cncc1C1(C)CCNC1. The molecule has 0 radical (unpaired) electrons. The van der Waals surface area contributed by atoms with E-state index in [4.69, 9.17) is 4.52 Å². The van der Waals surface area contributed by atoms with Crippen molar-refractivity contribution < 1.29 is 4.52 Å². The molecule has 2 aromatic heterocycles. The van der Waals surface area contributed by atoms with E-state index in [-0.39, 0.29) is 5.41 Å². The molecule has 3 heterocycles. The van der Waals surface area contributed by atoms with Crippen LogP contribution in [0.3, 0.4) is 0 Å². The summed E-state index contributed by atoms with van der Waals surface area (Å²) in [5, 5.41) is 7.46. The van der Waals surface area contributed by atoms with Gasteiger partial charge in [0.05, 0.1) is 18.6 Å². The number of aryl methyl sites for hydroxylation is 2. The number of rotatable bonds is 3. The van der Waals surface area contributed by atoms with Gasteiger partial charge in [-0.2, -0.15) is 0 Å². The van der Waals surface area contributed by atoms with Gasteiger partial charge in [-0.05, 0) is 26.8 Å². The molecule has 2 aromatic rings. The molecule has 3 rings (SSSR count). The van der Waals surface area contributed by atoms with Crippen LogP contribution in [0.15, 0.2) is 17.0 Å². The van der Waals surface area contributed by atoms with Crippen LogP contribution in [0.2, 0.25) is 0 Å². The Hall–Kier alpha value is -1.62. The lowest BCUT2D eigenvalue weighted by molar-refractivity contribution is 0.391. The third-order valence-electron chi connectivity index (χ3n) is 4.21. The lowest BCUT2D eigenvalue weighted by Crippen LogP contribution is -2.28. The van der Waals surface area contributed by atoms with Gasteiger partial charge in [-0.1, -0.05) is 12.1 Å². The van der Waals surface area contributed by atoms with E-state index in [1.54, 1.807) is 0 Å². The first-order chi connectivity index (χ1) is 9.10. The Morgan fingerprint density at radius 2 is 2.32 bits per heavy atom. The lowest BCUT2D eigenvalue weighted by atomic mass is 9.86. The predicted octanol–water partition coefficient (Wildman–Crippen LogP) is 1.79. The van der Waals surface area contributed by atoms with Crippen LogP contribution >= 0.6 is 0 Å². The first kappa shape index (κ1) is 12.4. The second-order valence-corrected chi connectivity index (χ2v) is 5.70. The molecule has 0 saturated carbocycles. The maximum Gasteiger partial charge on any atom is 0.138 e. The Morgan fingerprint density at radius 3 is 2.95 bits per heavy atom. The number of aromatic nitrogens is 3. The highest BCUT2D eigenvalue weighted by atomic mass is 16.5.